The van der Waals surface area contributed by atoms with Gasteiger partial charge in [-0.15, -0.1) is 13.2 Å². The number of nitrogens with one attached hydrogen (secondary N) is 1. The molecule has 0 bridgehead atoms. The summed E-state index contributed by atoms with van der Waals surface area (Å²) >= 11 is 0. The van der Waals surface area contributed by atoms with Crippen molar-refractivity contribution in [2.24, 2.45) is 5.92 Å². The van der Waals surface area contributed by atoms with E-state index in [4.69, 9.17) is 0 Å². The first kappa shape index (κ1) is 11.8. The van der Waals surface area contributed by atoms with Crippen LogP contribution in [0.15, 0.2) is 18.2 Å². The van der Waals surface area contributed by atoms with Crippen LogP contribution in [0.25, 0.3) is 0 Å². The summed E-state index contributed by atoms with van der Waals surface area (Å²) in [5.41, 5.74) is 1.84. The number of piperidine rings is 1. The number of rotatable bonds is 2. The Balaban J connectivity index is 1.86. The van der Waals surface area contributed by atoms with E-state index in [0.29, 0.717) is 11.5 Å². The van der Waals surface area contributed by atoms with Crippen LogP contribution < -0.4 is 10.1 Å². The number of ether oxygens (including phenoxy) is 1. The van der Waals surface area contributed by atoms with E-state index in [9.17, 15) is 13.2 Å². The first-order valence-electron chi connectivity index (χ1n) is 5.98. The molecule has 98 valence electrons. The molecule has 0 radical (unpaired) electrons. The van der Waals surface area contributed by atoms with Crippen molar-refractivity contribution in [2.75, 3.05) is 13.1 Å². The van der Waals surface area contributed by atoms with Gasteiger partial charge in [-0.1, -0.05) is 12.1 Å². The van der Waals surface area contributed by atoms with Crippen LogP contribution in [-0.4, -0.2) is 19.5 Å². The fourth-order valence-corrected chi connectivity index (χ4v) is 2.99. The molecule has 0 aromatic heterocycles. The normalized spacial score (nSPS) is 30.1. The summed E-state index contributed by atoms with van der Waals surface area (Å²) < 4.78 is 40.5. The molecule has 1 saturated heterocycles. The van der Waals surface area contributed by atoms with Crippen LogP contribution in [0.5, 0.6) is 5.75 Å². The third kappa shape index (κ3) is 1.86. The highest BCUT2D eigenvalue weighted by molar-refractivity contribution is 5.44. The first-order chi connectivity index (χ1) is 8.41. The van der Waals surface area contributed by atoms with Gasteiger partial charge in [-0.05, 0) is 43.0 Å². The zero-order valence-electron chi connectivity index (χ0n) is 9.97. The lowest BCUT2D eigenvalue weighted by Gasteiger charge is -2.16. The van der Waals surface area contributed by atoms with Gasteiger partial charge in [0.05, 0.1) is 0 Å². The second-order valence-electron chi connectivity index (χ2n) is 5.22. The highest BCUT2D eigenvalue weighted by Crippen LogP contribution is 2.56. The molecular weight excluding hydrogens is 243 g/mol. The fourth-order valence-electron chi connectivity index (χ4n) is 2.99. The summed E-state index contributed by atoms with van der Waals surface area (Å²) in [6, 6.07) is 5.02. The highest BCUT2D eigenvalue weighted by atomic mass is 19.4. The molecule has 1 aromatic carbocycles. The van der Waals surface area contributed by atoms with E-state index in [1.165, 1.54) is 6.07 Å². The molecular formula is C13H14F3NO. The van der Waals surface area contributed by atoms with Crippen molar-refractivity contribution in [3.05, 3.63) is 29.3 Å². The Labute approximate surface area is 103 Å². The lowest BCUT2D eigenvalue weighted by Crippen LogP contribution is -2.20. The number of alkyl halides is 3. The van der Waals surface area contributed by atoms with Gasteiger partial charge in [0.15, 0.2) is 0 Å². The average Bonchev–Trinajstić information content (AvgIpc) is 2.83. The highest BCUT2D eigenvalue weighted by Gasteiger charge is 2.58. The Hall–Kier alpha value is -1.23. The molecule has 2 fully saturated rings. The Kier molecular flexibility index (Phi) is 2.39. The fraction of sp³-hybridized carbons (Fsp3) is 0.538. The van der Waals surface area contributed by atoms with Gasteiger partial charge in [0, 0.05) is 12.0 Å². The lowest BCUT2D eigenvalue weighted by atomic mass is 9.93. The van der Waals surface area contributed by atoms with Gasteiger partial charge >= 0.3 is 6.36 Å². The largest absolute Gasteiger partial charge is 0.573 e. The summed E-state index contributed by atoms with van der Waals surface area (Å²) in [4.78, 5) is 0. The standard InChI is InChI=1S/C13H14F3NO/c1-8-4-9(12-5-10(12)6-17-7-12)2-3-11(8)18-13(14,15)16/h2-4,10,17H,5-7H2,1H3. The van der Waals surface area contributed by atoms with E-state index in [0.717, 1.165) is 25.1 Å². The third-order valence-corrected chi connectivity index (χ3v) is 4.04. The molecule has 0 spiro atoms. The maximum atomic E-state index is 12.2. The minimum Gasteiger partial charge on any atom is -0.406 e. The molecule has 0 amide bonds. The summed E-state index contributed by atoms with van der Waals surface area (Å²) in [5.74, 6) is 0.539. The number of benzene rings is 1. The van der Waals surface area contributed by atoms with Crippen molar-refractivity contribution < 1.29 is 17.9 Å². The van der Waals surface area contributed by atoms with Gasteiger partial charge in [0.2, 0.25) is 0 Å². The predicted octanol–water partition coefficient (Wildman–Crippen LogP) is 2.75. The number of hydrogen-bond acceptors (Lipinski definition) is 2. The van der Waals surface area contributed by atoms with Crippen molar-refractivity contribution >= 4 is 0 Å². The molecule has 1 aliphatic carbocycles. The summed E-state index contributed by atoms with van der Waals surface area (Å²) in [7, 11) is 0. The van der Waals surface area contributed by atoms with E-state index in [-0.39, 0.29) is 11.2 Å². The predicted molar refractivity (Wildman–Crippen MR) is 60.5 cm³/mol. The van der Waals surface area contributed by atoms with Crippen LogP contribution >= 0.6 is 0 Å². The number of hydrogen-bond donors (Lipinski definition) is 1. The van der Waals surface area contributed by atoms with Gasteiger partial charge in [0.25, 0.3) is 0 Å². The molecule has 1 N–H and O–H groups in total. The van der Waals surface area contributed by atoms with Gasteiger partial charge in [0.1, 0.15) is 5.75 Å². The van der Waals surface area contributed by atoms with Crippen LogP contribution in [-0.2, 0) is 5.41 Å². The van der Waals surface area contributed by atoms with Crippen molar-refractivity contribution in [2.45, 2.75) is 25.1 Å². The van der Waals surface area contributed by atoms with Gasteiger partial charge < -0.3 is 10.1 Å². The molecule has 2 atom stereocenters. The topological polar surface area (TPSA) is 21.3 Å². The molecule has 2 aliphatic rings. The second kappa shape index (κ2) is 3.63. The van der Waals surface area contributed by atoms with Gasteiger partial charge in [-0.25, -0.2) is 0 Å². The molecule has 1 saturated carbocycles. The monoisotopic (exact) mass is 257 g/mol. The quantitative estimate of drug-likeness (QED) is 0.879. The molecule has 1 heterocycles. The van der Waals surface area contributed by atoms with Crippen LogP contribution in [0.2, 0.25) is 0 Å². The Morgan fingerprint density at radius 3 is 2.67 bits per heavy atom. The Morgan fingerprint density at radius 1 is 1.39 bits per heavy atom. The smallest absolute Gasteiger partial charge is 0.406 e. The van der Waals surface area contributed by atoms with Crippen LogP contribution in [0, 0.1) is 12.8 Å². The minimum absolute atomic E-state index is 0.106. The van der Waals surface area contributed by atoms with Gasteiger partial charge in [-0.2, -0.15) is 0 Å². The van der Waals surface area contributed by atoms with E-state index in [1.807, 2.05) is 6.07 Å². The third-order valence-electron chi connectivity index (χ3n) is 4.04. The summed E-state index contributed by atoms with van der Waals surface area (Å²) in [5, 5.41) is 3.32. The first-order valence-corrected chi connectivity index (χ1v) is 5.98. The van der Waals surface area contributed by atoms with E-state index < -0.39 is 6.36 Å². The number of aryl methyl sites for hydroxylation is 1. The maximum absolute atomic E-state index is 12.2. The van der Waals surface area contributed by atoms with Crippen molar-refractivity contribution in [1.82, 2.24) is 5.32 Å². The summed E-state index contributed by atoms with van der Waals surface area (Å²) in [6.45, 7) is 3.59. The molecule has 5 heteroatoms. The maximum Gasteiger partial charge on any atom is 0.573 e. The van der Waals surface area contributed by atoms with Crippen molar-refractivity contribution in [3.63, 3.8) is 0 Å². The molecule has 2 unspecified atom stereocenters. The van der Waals surface area contributed by atoms with Crippen molar-refractivity contribution in [3.8, 4) is 5.75 Å². The lowest BCUT2D eigenvalue weighted by molar-refractivity contribution is -0.274. The average molecular weight is 257 g/mol. The van der Waals surface area contributed by atoms with E-state index >= 15 is 0 Å². The molecule has 18 heavy (non-hydrogen) atoms. The van der Waals surface area contributed by atoms with E-state index in [1.54, 1.807) is 13.0 Å². The number of fused-ring (bicyclic) bond motifs is 1. The van der Waals surface area contributed by atoms with Crippen LogP contribution in [0.4, 0.5) is 13.2 Å². The Bertz CT molecular complexity index is 486. The second-order valence-corrected chi connectivity index (χ2v) is 5.22. The summed E-state index contributed by atoms with van der Waals surface area (Å²) in [6.07, 6.45) is -3.49. The van der Waals surface area contributed by atoms with Crippen LogP contribution in [0.3, 0.4) is 0 Å². The van der Waals surface area contributed by atoms with Crippen LogP contribution in [0.1, 0.15) is 17.5 Å². The van der Waals surface area contributed by atoms with E-state index in [2.05, 4.69) is 10.1 Å². The molecule has 2 nitrogen and oxygen atoms in total. The molecule has 3 rings (SSSR count). The molecule has 1 aliphatic heterocycles. The zero-order valence-corrected chi connectivity index (χ0v) is 9.97. The SMILES string of the molecule is Cc1cc(C23CNCC2C3)ccc1OC(F)(F)F. The molecule has 1 aromatic rings. The zero-order chi connectivity index (χ0) is 13.0. The minimum atomic E-state index is -4.62. The van der Waals surface area contributed by atoms with Crippen molar-refractivity contribution in [1.29, 1.82) is 0 Å². The Morgan fingerprint density at radius 2 is 2.17 bits per heavy atom. The van der Waals surface area contributed by atoms with Gasteiger partial charge in [-0.3, -0.25) is 0 Å². The number of halogens is 3.